The van der Waals surface area contributed by atoms with Gasteiger partial charge in [-0.3, -0.25) is 9.88 Å². The van der Waals surface area contributed by atoms with Crippen molar-refractivity contribution in [1.29, 1.82) is 0 Å². The maximum Gasteiger partial charge on any atom is 0.490 e. The number of anilines is 1. The monoisotopic (exact) mass is 452 g/mol. The number of ether oxygens (including phenoxy) is 1. The van der Waals surface area contributed by atoms with E-state index in [1.54, 1.807) is 12.4 Å². The summed E-state index contributed by atoms with van der Waals surface area (Å²) < 4.78 is 37.8. The normalized spacial score (nSPS) is 22.0. The molecule has 0 bridgehead atoms. The minimum atomic E-state index is -5.08. The van der Waals surface area contributed by atoms with Crippen molar-refractivity contribution in [3.8, 4) is 0 Å². The highest BCUT2D eigenvalue weighted by Crippen LogP contribution is 2.34. The molecule has 0 aliphatic carbocycles. The van der Waals surface area contributed by atoms with Gasteiger partial charge in [-0.25, -0.2) is 9.78 Å². The molecular weight excluding hydrogens is 425 g/mol. The number of nitrogens with zero attached hydrogens (tertiary/aromatic N) is 4. The fraction of sp³-hybridized carbons (Fsp3) is 0.500. The van der Waals surface area contributed by atoms with E-state index in [1.807, 2.05) is 6.20 Å². The number of hydrogen-bond donors (Lipinski definition) is 1. The quantitative estimate of drug-likeness (QED) is 0.766. The molecule has 3 heterocycles. The highest BCUT2D eigenvalue weighted by atomic mass is 19.4. The Balaban J connectivity index is 0.000000360. The highest BCUT2D eigenvalue weighted by Gasteiger charge is 2.39. The van der Waals surface area contributed by atoms with Gasteiger partial charge in [0, 0.05) is 44.0 Å². The number of hydrogen-bond acceptors (Lipinski definition) is 6. The Morgan fingerprint density at radius 1 is 1.16 bits per heavy atom. The summed E-state index contributed by atoms with van der Waals surface area (Å²) in [5, 5.41) is 7.12. The van der Waals surface area contributed by atoms with Crippen molar-refractivity contribution < 1.29 is 27.8 Å². The maximum atomic E-state index is 10.6. The summed E-state index contributed by atoms with van der Waals surface area (Å²) in [5.41, 5.74) is 1.57. The molecule has 1 N–H and O–H groups in total. The van der Waals surface area contributed by atoms with E-state index in [4.69, 9.17) is 14.6 Å². The van der Waals surface area contributed by atoms with Crippen molar-refractivity contribution >= 4 is 11.8 Å². The smallest absolute Gasteiger partial charge is 0.475 e. The molecule has 0 amide bonds. The average Bonchev–Trinajstić information content (AvgIpc) is 2.97. The molecule has 1 aromatic carbocycles. The third-order valence-electron chi connectivity index (χ3n) is 5.55. The first-order valence-electron chi connectivity index (χ1n) is 10.4. The van der Waals surface area contributed by atoms with Crippen molar-refractivity contribution in [3.63, 3.8) is 0 Å². The number of likely N-dealkylation sites (tertiary alicyclic amines) is 1. The van der Waals surface area contributed by atoms with Crippen LogP contribution in [0.1, 0.15) is 18.4 Å². The molecule has 1 aromatic heterocycles. The maximum absolute atomic E-state index is 10.6. The largest absolute Gasteiger partial charge is 0.490 e. The number of halogens is 3. The van der Waals surface area contributed by atoms with Gasteiger partial charge in [0.25, 0.3) is 0 Å². The predicted octanol–water partition coefficient (Wildman–Crippen LogP) is 3.23. The SMILES string of the molecule is O=C(O)C(F)(F)F.c1ccc(CN2CCCC3(COCCN(c4cnccn4)C3)C2)cc1. The van der Waals surface area contributed by atoms with Crippen molar-refractivity contribution in [2.45, 2.75) is 25.6 Å². The molecule has 0 saturated carbocycles. The van der Waals surface area contributed by atoms with Crippen LogP contribution in [0.25, 0.3) is 0 Å². The van der Waals surface area contributed by atoms with Gasteiger partial charge in [-0.05, 0) is 24.9 Å². The van der Waals surface area contributed by atoms with Crippen LogP contribution < -0.4 is 4.90 Å². The molecule has 2 saturated heterocycles. The van der Waals surface area contributed by atoms with E-state index >= 15 is 0 Å². The molecule has 1 unspecified atom stereocenters. The topological polar surface area (TPSA) is 78.8 Å². The number of piperidine rings is 1. The lowest BCUT2D eigenvalue weighted by Crippen LogP contribution is -2.50. The van der Waals surface area contributed by atoms with Crippen LogP contribution in [0, 0.1) is 5.41 Å². The highest BCUT2D eigenvalue weighted by molar-refractivity contribution is 5.73. The molecule has 2 fully saturated rings. The van der Waals surface area contributed by atoms with E-state index < -0.39 is 12.1 Å². The Morgan fingerprint density at radius 3 is 2.56 bits per heavy atom. The molecule has 0 radical (unpaired) electrons. The Labute approximate surface area is 184 Å². The van der Waals surface area contributed by atoms with Crippen molar-refractivity contribution in [2.24, 2.45) is 5.41 Å². The van der Waals surface area contributed by atoms with Crippen LogP contribution in [0.3, 0.4) is 0 Å². The van der Waals surface area contributed by atoms with E-state index in [-0.39, 0.29) is 5.41 Å². The molecule has 10 heteroatoms. The summed E-state index contributed by atoms with van der Waals surface area (Å²) in [4.78, 5) is 22.6. The fourth-order valence-corrected chi connectivity index (χ4v) is 4.18. The number of aromatic nitrogens is 2. The molecule has 32 heavy (non-hydrogen) atoms. The van der Waals surface area contributed by atoms with Gasteiger partial charge >= 0.3 is 12.1 Å². The molecule has 7 nitrogen and oxygen atoms in total. The van der Waals surface area contributed by atoms with Crippen molar-refractivity contribution in [3.05, 3.63) is 54.5 Å². The average molecular weight is 452 g/mol. The van der Waals surface area contributed by atoms with Gasteiger partial charge in [0.15, 0.2) is 0 Å². The van der Waals surface area contributed by atoms with Gasteiger partial charge < -0.3 is 14.7 Å². The van der Waals surface area contributed by atoms with Crippen LogP contribution in [0.2, 0.25) is 0 Å². The van der Waals surface area contributed by atoms with E-state index in [2.05, 4.69) is 50.1 Å². The van der Waals surface area contributed by atoms with Crippen LogP contribution in [-0.4, -0.2) is 71.5 Å². The van der Waals surface area contributed by atoms with Crippen LogP contribution in [0.15, 0.2) is 48.9 Å². The number of rotatable bonds is 3. The number of carboxylic acids is 1. The van der Waals surface area contributed by atoms with Crippen LogP contribution in [0.5, 0.6) is 0 Å². The van der Waals surface area contributed by atoms with Crippen LogP contribution >= 0.6 is 0 Å². The minimum Gasteiger partial charge on any atom is -0.475 e. The molecule has 2 aliphatic heterocycles. The first-order chi connectivity index (χ1) is 15.3. The number of benzene rings is 1. The molecular formula is C22H27F3N4O3. The van der Waals surface area contributed by atoms with Crippen molar-refractivity contribution in [2.75, 3.05) is 44.3 Å². The second-order valence-corrected chi connectivity index (χ2v) is 8.14. The van der Waals surface area contributed by atoms with E-state index in [0.29, 0.717) is 0 Å². The van der Waals surface area contributed by atoms with Gasteiger partial charge in [-0.1, -0.05) is 30.3 Å². The lowest BCUT2D eigenvalue weighted by molar-refractivity contribution is -0.192. The van der Waals surface area contributed by atoms with Crippen molar-refractivity contribution in [1.82, 2.24) is 14.9 Å². The van der Waals surface area contributed by atoms with Crippen LogP contribution in [0.4, 0.5) is 19.0 Å². The summed E-state index contributed by atoms with van der Waals surface area (Å²) in [6.07, 6.45) is 2.73. The molecule has 4 rings (SSSR count). The predicted molar refractivity (Wildman–Crippen MR) is 112 cm³/mol. The minimum absolute atomic E-state index is 0.182. The third-order valence-corrected chi connectivity index (χ3v) is 5.55. The number of carboxylic acid groups (broad SMARTS) is 1. The summed E-state index contributed by atoms with van der Waals surface area (Å²) in [6.45, 7) is 6.76. The zero-order valence-electron chi connectivity index (χ0n) is 17.7. The first-order valence-corrected chi connectivity index (χ1v) is 10.4. The van der Waals surface area contributed by atoms with Crippen LogP contribution in [-0.2, 0) is 16.1 Å². The first kappa shape index (κ1) is 23.9. The summed E-state index contributed by atoms with van der Waals surface area (Å²) >= 11 is 0. The second kappa shape index (κ2) is 10.7. The Hall–Kier alpha value is -2.72. The van der Waals surface area contributed by atoms with Gasteiger partial charge in [0.2, 0.25) is 0 Å². The van der Waals surface area contributed by atoms with Gasteiger partial charge in [-0.15, -0.1) is 0 Å². The molecule has 2 aliphatic rings. The molecule has 174 valence electrons. The molecule has 1 spiro atoms. The summed E-state index contributed by atoms with van der Waals surface area (Å²) in [6, 6.07) is 10.8. The third kappa shape index (κ3) is 6.89. The Bertz CT molecular complexity index is 855. The van der Waals surface area contributed by atoms with Gasteiger partial charge in [0.05, 0.1) is 19.4 Å². The number of carbonyl (C=O) groups is 1. The lowest BCUT2D eigenvalue weighted by atomic mass is 9.80. The summed E-state index contributed by atoms with van der Waals surface area (Å²) in [5.74, 6) is -1.79. The Kier molecular flexibility index (Phi) is 8.03. The van der Waals surface area contributed by atoms with E-state index in [1.165, 1.54) is 24.9 Å². The molecule has 1 atom stereocenters. The van der Waals surface area contributed by atoms with E-state index in [0.717, 1.165) is 45.2 Å². The van der Waals surface area contributed by atoms with Gasteiger partial charge in [-0.2, -0.15) is 13.2 Å². The lowest BCUT2D eigenvalue weighted by Gasteiger charge is -2.43. The molecule has 2 aromatic rings. The zero-order valence-corrected chi connectivity index (χ0v) is 17.7. The summed E-state index contributed by atoms with van der Waals surface area (Å²) in [7, 11) is 0. The fourth-order valence-electron chi connectivity index (χ4n) is 4.18. The number of alkyl halides is 3. The number of aliphatic carboxylic acids is 1. The standard InChI is InChI=1S/C20H26N4O.C2HF3O2/c1-2-5-18(6-3-1)14-23-10-4-7-20(15-23)16-24(11-12-25-17-20)19-13-21-8-9-22-19;3-2(4,5)1(6)7/h1-3,5-6,8-9,13H,4,7,10-12,14-17H2;(H,6,7). The zero-order chi connectivity index (χ0) is 23.0. The Morgan fingerprint density at radius 2 is 1.91 bits per heavy atom. The van der Waals surface area contributed by atoms with Gasteiger partial charge in [0.1, 0.15) is 5.82 Å². The van der Waals surface area contributed by atoms with E-state index in [9.17, 15) is 13.2 Å². The second-order valence-electron chi connectivity index (χ2n) is 8.14.